The van der Waals surface area contributed by atoms with Crippen molar-refractivity contribution in [3.63, 3.8) is 0 Å². The summed E-state index contributed by atoms with van der Waals surface area (Å²) < 4.78 is 11.5. The maximum Gasteiger partial charge on any atom is 0.362 e. The number of halogens is 1. The van der Waals surface area contributed by atoms with Crippen molar-refractivity contribution in [3.8, 4) is 12.3 Å². The summed E-state index contributed by atoms with van der Waals surface area (Å²) in [6, 6.07) is 4.63. The highest BCUT2D eigenvalue weighted by molar-refractivity contribution is 6.30. The molecule has 2 amide bonds. The number of guanidine groups is 1. The van der Waals surface area contributed by atoms with Crippen molar-refractivity contribution >= 4 is 29.4 Å². The van der Waals surface area contributed by atoms with Crippen LogP contribution in [0.25, 0.3) is 4.85 Å². The fourth-order valence-corrected chi connectivity index (χ4v) is 6.21. The number of hydrogen-bond donors (Lipinski definition) is 2. The molecule has 2 unspecified atom stereocenters. The number of hydrogen-bond acceptors (Lipinski definition) is 6. The van der Waals surface area contributed by atoms with E-state index in [2.05, 4.69) is 10.2 Å². The molecule has 4 rings (SSSR count). The van der Waals surface area contributed by atoms with Gasteiger partial charge in [0, 0.05) is 30.7 Å². The van der Waals surface area contributed by atoms with Crippen LogP contribution in [0, 0.1) is 12.5 Å². The van der Waals surface area contributed by atoms with E-state index in [1.807, 2.05) is 39.8 Å². The van der Waals surface area contributed by atoms with E-state index < -0.39 is 22.7 Å². The van der Waals surface area contributed by atoms with Gasteiger partial charge in [0.15, 0.2) is 5.96 Å². The average Bonchev–Trinajstić information content (AvgIpc) is 3.61. The summed E-state index contributed by atoms with van der Waals surface area (Å²) in [5.41, 5.74) is 5.04. The molecule has 3 N–H and O–H groups in total. The lowest BCUT2D eigenvalue weighted by Gasteiger charge is -2.40. The number of carbonyl (C=O) groups excluding carboxylic acids is 2. The molecule has 0 saturated heterocycles. The Kier molecular flexibility index (Phi) is 7.70. The number of nitrogens with one attached hydrogen (secondary N) is 1. The summed E-state index contributed by atoms with van der Waals surface area (Å²) in [7, 11) is 1.60. The number of nitrogens with zero attached hydrogens (tertiary/aromatic N) is 3. The van der Waals surface area contributed by atoms with Gasteiger partial charge in [-0.3, -0.25) is 14.5 Å². The molecule has 4 atom stereocenters. The Morgan fingerprint density at radius 2 is 2.08 bits per heavy atom. The van der Waals surface area contributed by atoms with E-state index in [1.165, 1.54) is 0 Å². The van der Waals surface area contributed by atoms with Crippen LogP contribution in [0.5, 0.6) is 5.75 Å². The average molecular weight is 545 g/mol. The Morgan fingerprint density at radius 3 is 2.68 bits per heavy atom. The predicted octanol–water partition coefficient (Wildman–Crippen LogP) is 4.29. The van der Waals surface area contributed by atoms with E-state index in [0.29, 0.717) is 49.5 Å². The lowest BCUT2D eigenvalue weighted by Crippen LogP contribution is -2.57. The van der Waals surface area contributed by atoms with Crippen molar-refractivity contribution in [2.45, 2.75) is 95.0 Å². The van der Waals surface area contributed by atoms with Crippen molar-refractivity contribution in [3.05, 3.63) is 33.6 Å². The van der Waals surface area contributed by atoms with Gasteiger partial charge < -0.3 is 20.5 Å². The van der Waals surface area contributed by atoms with E-state index in [9.17, 15) is 9.59 Å². The second-order valence-corrected chi connectivity index (χ2v) is 11.8. The number of methoxy groups -OCH3 is 1. The fourth-order valence-electron chi connectivity index (χ4n) is 6.03. The molecule has 38 heavy (non-hydrogen) atoms. The highest BCUT2D eigenvalue weighted by Crippen LogP contribution is 2.53. The smallest absolute Gasteiger partial charge is 0.362 e. The molecule has 2 heterocycles. The van der Waals surface area contributed by atoms with E-state index >= 15 is 0 Å². The molecule has 0 radical (unpaired) electrons. The van der Waals surface area contributed by atoms with E-state index in [-0.39, 0.29) is 36.2 Å². The summed E-state index contributed by atoms with van der Waals surface area (Å²) in [6.45, 7) is 14.3. The van der Waals surface area contributed by atoms with Crippen LogP contribution < -0.4 is 15.8 Å². The van der Waals surface area contributed by atoms with Gasteiger partial charge in [-0.1, -0.05) is 30.3 Å². The number of carbonyl (C=O) groups is 2. The topological polar surface area (TPSA) is 111 Å². The standard InChI is InChI=1S/C28H38ClN5O4/c1-7-27(8-2)16-23(35)34(25(30)33-27)21(11-12-37-6)19-14-28(19,31-5)24(36)32-20-15-26(3,4)38-22-10-9-17(29)13-18(20)22/h5,9-10,13,19-21H,7-8,11-12,14-16H2,1-4,6H3,(H2-,30,32,33,36)/p+1/t19?,20-,21?,28+/m0/s1. The minimum absolute atomic E-state index is 0.102. The minimum atomic E-state index is -1.19. The van der Waals surface area contributed by atoms with E-state index in [1.54, 1.807) is 18.1 Å². The molecule has 1 aromatic carbocycles. The first-order chi connectivity index (χ1) is 17.9. The summed E-state index contributed by atoms with van der Waals surface area (Å²) in [6.07, 6.45) is 3.11. The normalized spacial score (nSPS) is 27.9. The van der Waals surface area contributed by atoms with Crippen LogP contribution in [0.3, 0.4) is 0 Å². The Morgan fingerprint density at radius 1 is 1.37 bits per heavy atom. The molecule has 206 valence electrons. The summed E-state index contributed by atoms with van der Waals surface area (Å²) >= 11 is 6.27. The van der Waals surface area contributed by atoms with Crippen LogP contribution >= 0.6 is 11.6 Å². The Labute approximate surface area is 229 Å². The van der Waals surface area contributed by atoms with Crippen molar-refractivity contribution in [1.82, 2.24) is 10.2 Å². The van der Waals surface area contributed by atoms with Crippen LogP contribution in [0.15, 0.2) is 23.2 Å². The van der Waals surface area contributed by atoms with Crippen molar-refractivity contribution < 1.29 is 19.1 Å². The molecule has 0 bridgehead atoms. The molecule has 9 nitrogen and oxygen atoms in total. The monoisotopic (exact) mass is 544 g/mol. The molecule has 1 saturated carbocycles. The molecule has 1 aromatic rings. The van der Waals surface area contributed by atoms with Gasteiger partial charge in [0.25, 0.3) is 6.57 Å². The maximum absolute atomic E-state index is 13.8. The summed E-state index contributed by atoms with van der Waals surface area (Å²) in [5.74, 6) is 0.132. The Balaban J connectivity index is 1.61. The highest BCUT2D eigenvalue weighted by atomic mass is 35.5. The molecule has 0 aromatic heterocycles. The van der Waals surface area contributed by atoms with Gasteiger partial charge in [-0.15, -0.1) is 0 Å². The second-order valence-electron chi connectivity index (χ2n) is 11.3. The van der Waals surface area contributed by atoms with Gasteiger partial charge in [0.1, 0.15) is 11.4 Å². The van der Waals surface area contributed by atoms with Crippen LogP contribution in [-0.4, -0.2) is 59.1 Å². The van der Waals surface area contributed by atoms with Gasteiger partial charge in [0.05, 0.1) is 36.4 Å². The quantitative estimate of drug-likeness (QED) is 0.482. The van der Waals surface area contributed by atoms with Crippen LogP contribution in [0.1, 0.15) is 77.8 Å². The molecule has 1 aliphatic carbocycles. The first kappa shape index (κ1) is 28.2. The molecule has 10 heteroatoms. The highest BCUT2D eigenvalue weighted by Gasteiger charge is 2.75. The fraction of sp³-hybridized carbons (Fsp3) is 0.643. The SMILES string of the molecule is C#[N+][C@]1(C(=O)N[C@H]2CC(C)(C)Oc3ccc(Cl)cc32)CC1C(CCOC)N1C(=O)CC(CC)(CC)N=C1N. The summed E-state index contributed by atoms with van der Waals surface area (Å²) in [4.78, 5) is 37.6. The zero-order chi connectivity index (χ0) is 27.9. The number of benzene rings is 1. The zero-order valence-corrected chi connectivity index (χ0v) is 23.7. The third-order valence-corrected chi connectivity index (χ3v) is 8.66. The second kappa shape index (κ2) is 10.4. The third-order valence-electron chi connectivity index (χ3n) is 8.42. The number of fused-ring (bicyclic) bond motifs is 1. The zero-order valence-electron chi connectivity index (χ0n) is 22.9. The largest absolute Gasteiger partial charge is 0.487 e. The van der Waals surface area contributed by atoms with Crippen LogP contribution in [0.2, 0.25) is 5.02 Å². The number of amides is 2. The molecule has 2 aliphatic heterocycles. The summed E-state index contributed by atoms with van der Waals surface area (Å²) in [5, 5.41) is 3.72. The van der Waals surface area contributed by atoms with Crippen molar-refractivity contribution in [1.29, 1.82) is 0 Å². The number of ether oxygens (including phenoxy) is 2. The lowest BCUT2D eigenvalue weighted by molar-refractivity contribution is -0.133. The first-order valence-corrected chi connectivity index (χ1v) is 13.7. The molecular formula is C28H39ClN5O4+. The lowest BCUT2D eigenvalue weighted by atomic mass is 9.87. The molecular weight excluding hydrogens is 506 g/mol. The van der Waals surface area contributed by atoms with Crippen molar-refractivity contribution in [2.24, 2.45) is 16.6 Å². The number of aliphatic imine (C=N–C) groups is 1. The van der Waals surface area contributed by atoms with E-state index in [0.717, 1.165) is 5.56 Å². The third kappa shape index (κ3) is 5.08. The molecule has 0 spiro atoms. The van der Waals surface area contributed by atoms with Gasteiger partial charge in [0.2, 0.25) is 5.91 Å². The Bertz CT molecular complexity index is 1170. The van der Waals surface area contributed by atoms with Crippen LogP contribution in [0.4, 0.5) is 0 Å². The van der Waals surface area contributed by atoms with Crippen molar-refractivity contribution in [2.75, 3.05) is 13.7 Å². The van der Waals surface area contributed by atoms with E-state index in [4.69, 9.17) is 38.4 Å². The predicted molar refractivity (Wildman–Crippen MR) is 147 cm³/mol. The minimum Gasteiger partial charge on any atom is -0.487 e. The van der Waals surface area contributed by atoms with Gasteiger partial charge in [-0.25, -0.2) is 4.99 Å². The number of rotatable bonds is 9. The molecule has 1 fully saturated rings. The number of nitrogens with two attached hydrogens (primary N) is 1. The van der Waals surface area contributed by atoms with Gasteiger partial charge in [-0.05, 0) is 51.3 Å². The van der Waals surface area contributed by atoms with Gasteiger partial charge >= 0.3 is 11.4 Å². The Hall–Kier alpha value is -2.83. The maximum atomic E-state index is 13.8. The molecule has 3 aliphatic rings. The van der Waals surface area contributed by atoms with Crippen LogP contribution in [-0.2, 0) is 14.3 Å². The van der Waals surface area contributed by atoms with Gasteiger partial charge in [-0.2, -0.15) is 0 Å². The first-order valence-electron chi connectivity index (χ1n) is 13.3.